The summed E-state index contributed by atoms with van der Waals surface area (Å²) in [4.78, 5) is 18.5. The van der Waals surface area contributed by atoms with E-state index in [0.29, 0.717) is 26.4 Å². The fourth-order valence-electron chi connectivity index (χ4n) is 1.96. The third-order valence-corrected chi connectivity index (χ3v) is 5.92. The van der Waals surface area contributed by atoms with Crippen molar-refractivity contribution in [1.29, 1.82) is 0 Å². The summed E-state index contributed by atoms with van der Waals surface area (Å²) in [6.07, 6.45) is 5.77. The number of pyridine rings is 1. The van der Waals surface area contributed by atoms with Crippen LogP contribution in [0.2, 0.25) is 5.32 Å². The van der Waals surface area contributed by atoms with Crippen LogP contribution in [0.4, 0.5) is 5.69 Å². The molecule has 0 aliphatic carbocycles. The number of rotatable bonds is 4. The molecule has 1 atom stereocenters. The minimum absolute atomic E-state index is 0.151. The summed E-state index contributed by atoms with van der Waals surface area (Å²) >= 11 is 0.597. The van der Waals surface area contributed by atoms with Crippen molar-refractivity contribution >= 4 is 26.6 Å². The summed E-state index contributed by atoms with van der Waals surface area (Å²) in [6, 6.07) is 3.82. The fourth-order valence-corrected chi connectivity index (χ4v) is 4.04. The van der Waals surface area contributed by atoms with Crippen molar-refractivity contribution in [3.8, 4) is 0 Å². The molecule has 0 spiro atoms. The molecular formula is C13H19N3OSe. The summed E-state index contributed by atoms with van der Waals surface area (Å²) in [6.45, 7) is 3.46. The van der Waals surface area contributed by atoms with Crippen LogP contribution < -0.4 is 10.2 Å². The second-order valence-corrected chi connectivity index (χ2v) is 7.04. The number of amides is 1. The van der Waals surface area contributed by atoms with E-state index in [4.69, 9.17) is 0 Å². The number of hydrogen-bond acceptors (Lipinski definition) is 3. The molecule has 0 bridgehead atoms. The van der Waals surface area contributed by atoms with Crippen molar-refractivity contribution in [3.05, 3.63) is 24.5 Å². The Morgan fingerprint density at radius 1 is 1.61 bits per heavy atom. The minimum atomic E-state index is 0.151. The number of nitrogens with zero attached hydrogens (tertiary/aromatic N) is 2. The predicted octanol–water partition coefficient (Wildman–Crippen LogP) is 1.27. The molecule has 1 amide bonds. The van der Waals surface area contributed by atoms with E-state index in [0.717, 1.165) is 18.7 Å². The molecule has 5 heteroatoms. The van der Waals surface area contributed by atoms with Gasteiger partial charge >= 0.3 is 114 Å². The maximum absolute atomic E-state index is 12.1. The summed E-state index contributed by atoms with van der Waals surface area (Å²) in [5.74, 6) is 0.151. The molecule has 0 radical (unpaired) electrons. The number of aromatic nitrogens is 1. The number of anilines is 1. The van der Waals surface area contributed by atoms with E-state index in [-0.39, 0.29) is 5.91 Å². The zero-order valence-corrected chi connectivity index (χ0v) is 12.3. The fraction of sp³-hybridized carbons (Fsp3) is 0.538. The van der Waals surface area contributed by atoms with Gasteiger partial charge < -0.3 is 0 Å². The summed E-state index contributed by atoms with van der Waals surface area (Å²) in [5, 5.41) is 4.67. The molecule has 1 aliphatic rings. The molecule has 1 saturated heterocycles. The van der Waals surface area contributed by atoms with Crippen LogP contribution in [0.25, 0.3) is 0 Å². The first-order valence-corrected chi connectivity index (χ1v) is 8.56. The van der Waals surface area contributed by atoms with Crippen molar-refractivity contribution in [3.63, 3.8) is 0 Å². The first-order chi connectivity index (χ1) is 8.81. The van der Waals surface area contributed by atoms with Crippen LogP contribution in [0, 0.1) is 0 Å². The van der Waals surface area contributed by atoms with Gasteiger partial charge in [-0.15, -0.1) is 0 Å². The van der Waals surface area contributed by atoms with E-state index in [9.17, 15) is 4.79 Å². The molecule has 0 saturated carbocycles. The van der Waals surface area contributed by atoms with Crippen LogP contribution in [0.3, 0.4) is 0 Å². The average molecular weight is 312 g/mol. The maximum atomic E-state index is 12.1. The number of nitrogens with one attached hydrogen (secondary N) is 1. The molecule has 18 heavy (non-hydrogen) atoms. The molecule has 98 valence electrons. The zero-order valence-electron chi connectivity index (χ0n) is 10.6. The molecule has 1 aliphatic heterocycles. The van der Waals surface area contributed by atoms with Gasteiger partial charge in [-0.3, -0.25) is 0 Å². The van der Waals surface area contributed by atoms with Crippen LogP contribution in [0.1, 0.15) is 19.8 Å². The molecule has 4 nitrogen and oxygen atoms in total. The Morgan fingerprint density at radius 3 is 3.22 bits per heavy atom. The predicted molar refractivity (Wildman–Crippen MR) is 73.8 cm³/mol. The molecule has 1 aromatic heterocycles. The second kappa shape index (κ2) is 6.88. The SMILES string of the molecule is CCC[Se]C1CCN(c2cccnc2)C(=O)CN1. The van der Waals surface area contributed by atoms with Crippen LogP contribution in [-0.4, -0.2) is 43.9 Å². The summed E-state index contributed by atoms with van der Waals surface area (Å²) < 4.78 is 0. The van der Waals surface area contributed by atoms with Crippen LogP contribution in [-0.2, 0) is 4.79 Å². The van der Waals surface area contributed by atoms with Crippen molar-refractivity contribution in [1.82, 2.24) is 10.3 Å². The van der Waals surface area contributed by atoms with Gasteiger partial charge in [0.05, 0.1) is 0 Å². The Kier molecular flexibility index (Phi) is 5.17. The van der Waals surface area contributed by atoms with Gasteiger partial charge in [0.25, 0.3) is 0 Å². The van der Waals surface area contributed by atoms with E-state index in [1.54, 1.807) is 12.4 Å². The standard InChI is InChI=1S/C13H19N3OSe/c1-2-8-18-12-5-7-16(13(17)10-15-12)11-4-3-6-14-9-11/h3-4,6,9,12,15H,2,5,7-8,10H2,1H3. The van der Waals surface area contributed by atoms with Gasteiger partial charge in [0.15, 0.2) is 0 Å². The Hall–Kier alpha value is -0.901. The van der Waals surface area contributed by atoms with Gasteiger partial charge in [-0.1, -0.05) is 0 Å². The first kappa shape index (κ1) is 13.5. The monoisotopic (exact) mass is 313 g/mol. The molecule has 2 rings (SSSR count). The Balaban J connectivity index is 1.99. The van der Waals surface area contributed by atoms with Crippen LogP contribution in [0.5, 0.6) is 0 Å². The van der Waals surface area contributed by atoms with Gasteiger partial charge in [0.1, 0.15) is 0 Å². The number of hydrogen-bond donors (Lipinski definition) is 1. The molecular weight excluding hydrogens is 293 g/mol. The van der Waals surface area contributed by atoms with Crippen molar-refractivity contribution in [2.24, 2.45) is 0 Å². The quantitative estimate of drug-likeness (QED) is 0.852. The Labute approximate surface area is 114 Å². The van der Waals surface area contributed by atoms with Crippen molar-refractivity contribution in [2.45, 2.75) is 30.0 Å². The van der Waals surface area contributed by atoms with E-state index in [2.05, 4.69) is 17.2 Å². The summed E-state index contributed by atoms with van der Waals surface area (Å²) in [7, 11) is 0. The summed E-state index contributed by atoms with van der Waals surface area (Å²) in [5.41, 5.74) is 0.910. The van der Waals surface area contributed by atoms with Crippen molar-refractivity contribution in [2.75, 3.05) is 18.0 Å². The topological polar surface area (TPSA) is 45.2 Å². The van der Waals surface area contributed by atoms with E-state index < -0.39 is 0 Å². The zero-order chi connectivity index (χ0) is 12.8. The Morgan fingerprint density at radius 2 is 2.50 bits per heavy atom. The molecule has 0 aromatic carbocycles. The van der Waals surface area contributed by atoms with Crippen LogP contribution >= 0.6 is 0 Å². The molecule has 1 fully saturated rings. The molecule has 1 unspecified atom stereocenters. The normalized spacial score (nSPS) is 20.8. The van der Waals surface area contributed by atoms with Crippen LogP contribution in [0.15, 0.2) is 24.5 Å². The van der Waals surface area contributed by atoms with Gasteiger partial charge in [-0.25, -0.2) is 0 Å². The van der Waals surface area contributed by atoms with Gasteiger partial charge in [-0.05, 0) is 0 Å². The Bertz CT molecular complexity index is 385. The molecule has 2 heterocycles. The van der Waals surface area contributed by atoms with E-state index in [1.807, 2.05) is 17.0 Å². The first-order valence-electron chi connectivity index (χ1n) is 6.36. The average Bonchev–Trinajstić information content (AvgIpc) is 2.60. The van der Waals surface area contributed by atoms with Gasteiger partial charge in [0.2, 0.25) is 0 Å². The van der Waals surface area contributed by atoms with Gasteiger partial charge in [0, 0.05) is 0 Å². The third kappa shape index (κ3) is 3.54. The number of carbonyl (C=O) groups is 1. The van der Waals surface area contributed by atoms with E-state index >= 15 is 0 Å². The van der Waals surface area contributed by atoms with Crippen molar-refractivity contribution < 1.29 is 4.79 Å². The van der Waals surface area contributed by atoms with E-state index in [1.165, 1.54) is 11.7 Å². The third-order valence-electron chi connectivity index (χ3n) is 2.88. The second-order valence-electron chi connectivity index (χ2n) is 4.29. The molecule has 1 aromatic rings. The molecule has 1 N–H and O–H groups in total. The van der Waals surface area contributed by atoms with Gasteiger partial charge in [-0.2, -0.15) is 0 Å². The number of carbonyl (C=O) groups excluding carboxylic acids is 1.